The molecular formula is C13H22N2O4. The third-order valence-electron chi connectivity index (χ3n) is 2.44. The Hall–Kier alpha value is -1.85. The van der Waals surface area contributed by atoms with E-state index in [-0.39, 0.29) is 18.7 Å². The van der Waals surface area contributed by atoms with Crippen LogP contribution in [0.2, 0.25) is 0 Å². The predicted octanol–water partition coefficient (Wildman–Crippen LogP) is 0.828. The molecule has 0 spiro atoms. The molecule has 0 aromatic heterocycles. The first-order chi connectivity index (χ1) is 9.01. The number of carbonyl (C=O) groups is 3. The topological polar surface area (TPSA) is 95.5 Å². The van der Waals surface area contributed by atoms with Gasteiger partial charge in [0.1, 0.15) is 6.04 Å². The number of allylic oxidation sites excluding steroid dienone is 1. The summed E-state index contributed by atoms with van der Waals surface area (Å²) >= 11 is 0. The van der Waals surface area contributed by atoms with Gasteiger partial charge in [-0.3, -0.25) is 9.59 Å². The first-order valence-electron chi connectivity index (χ1n) is 6.41. The highest BCUT2D eigenvalue weighted by atomic mass is 16.4. The Labute approximate surface area is 113 Å². The van der Waals surface area contributed by atoms with Crippen molar-refractivity contribution in [2.24, 2.45) is 0 Å². The molecule has 1 atom stereocenters. The Balaban J connectivity index is 4.02. The molecule has 0 aliphatic carbocycles. The van der Waals surface area contributed by atoms with Crippen LogP contribution in [0.1, 0.15) is 39.0 Å². The maximum Gasteiger partial charge on any atom is 0.326 e. The van der Waals surface area contributed by atoms with Crippen LogP contribution in [0.5, 0.6) is 0 Å². The molecule has 0 rings (SSSR count). The molecule has 0 aliphatic rings. The molecule has 0 radical (unpaired) electrons. The van der Waals surface area contributed by atoms with Crippen LogP contribution in [0, 0.1) is 0 Å². The van der Waals surface area contributed by atoms with E-state index in [0.717, 1.165) is 6.42 Å². The monoisotopic (exact) mass is 270 g/mol. The van der Waals surface area contributed by atoms with E-state index in [4.69, 9.17) is 5.11 Å². The number of hydrogen-bond acceptors (Lipinski definition) is 3. The molecule has 0 fully saturated rings. The zero-order chi connectivity index (χ0) is 14.7. The molecule has 0 aromatic rings. The number of carboxylic acids is 1. The molecule has 2 amide bonds. The van der Waals surface area contributed by atoms with Crippen molar-refractivity contribution >= 4 is 17.8 Å². The van der Waals surface area contributed by atoms with E-state index in [1.54, 1.807) is 6.08 Å². The minimum absolute atomic E-state index is 0.00653. The van der Waals surface area contributed by atoms with Crippen molar-refractivity contribution in [1.82, 2.24) is 10.6 Å². The molecule has 0 saturated heterocycles. The summed E-state index contributed by atoms with van der Waals surface area (Å²) in [5.41, 5.74) is 0. The van der Waals surface area contributed by atoms with E-state index >= 15 is 0 Å². The van der Waals surface area contributed by atoms with Gasteiger partial charge in [0.2, 0.25) is 11.8 Å². The maximum atomic E-state index is 11.5. The minimum atomic E-state index is -1.08. The number of carboxylic acid groups (broad SMARTS) is 1. The highest BCUT2D eigenvalue weighted by molar-refractivity contribution is 5.86. The summed E-state index contributed by atoms with van der Waals surface area (Å²) in [5.74, 6) is -1.70. The fourth-order valence-electron chi connectivity index (χ4n) is 1.39. The second kappa shape index (κ2) is 10.1. The smallest absolute Gasteiger partial charge is 0.326 e. The van der Waals surface area contributed by atoms with Gasteiger partial charge in [-0.2, -0.15) is 0 Å². The average molecular weight is 270 g/mol. The van der Waals surface area contributed by atoms with Gasteiger partial charge in [-0.25, -0.2) is 4.79 Å². The molecular weight excluding hydrogens is 248 g/mol. The van der Waals surface area contributed by atoms with Gasteiger partial charge in [0, 0.05) is 19.4 Å². The van der Waals surface area contributed by atoms with Crippen molar-refractivity contribution < 1.29 is 19.5 Å². The Morgan fingerprint density at radius 3 is 2.42 bits per heavy atom. The minimum Gasteiger partial charge on any atom is -0.480 e. The van der Waals surface area contributed by atoms with E-state index < -0.39 is 17.9 Å². The van der Waals surface area contributed by atoms with Crippen LogP contribution in [0.3, 0.4) is 0 Å². The second-order valence-corrected chi connectivity index (χ2v) is 4.17. The summed E-state index contributed by atoms with van der Waals surface area (Å²) in [6, 6.07) is -0.927. The number of rotatable bonds is 10. The fraction of sp³-hybridized carbons (Fsp3) is 0.615. The fourth-order valence-corrected chi connectivity index (χ4v) is 1.39. The Morgan fingerprint density at radius 2 is 1.89 bits per heavy atom. The van der Waals surface area contributed by atoms with Gasteiger partial charge in [0.25, 0.3) is 0 Å². The first kappa shape index (κ1) is 17.2. The van der Waals surface area contributed by atoms with Crippen LogP contribution < -0.4 is 10.6 Å². The summed E-state index contributed by atoms with van der Waals surface area (Å²) in [5, 5.41) is 14.0. The van der Waals surface area contributed by atoms with Crippen molar-refractivity contribution in [3.8, 4) is 0 Å². The summed E-state index contributed by atoms with van der Waals surface area (Å²) in [6.07, 6.45) is 3.30. The number of carbonyl (C=O) groups excluding carboxylic acids is 2. The largest absolute Gasteiger partial charge is 0.480 e. The molecule has 0 bridgehead atoms. The predicted molar refractivity (Wildman–Crippen MR) is 71.5 cm³/mol. The molecule has 6 heteroatoms. The van der Waals surface area contributed by atoms with Crippen LogP contribution in [0.15, 0.2) is 12.7 Å². The molecule has 0 aliphatic heterocycles. The number of amides is 2. The molecule has 0 heterocycles. The third-order valence-corrected chi connectivity index (χ3v) is 2.44. The summed E-state index contributed by atoms with van der Waals surface area (Å²) < 4.78 is 0. The van der Waals surface area contributed by atoms with E-state index in [9.17, 15) is 14.4 Å². The average Bonchev–Trinajstić information content (AvgIpc) is 2.38. The highest BCUT2D eigenvalue weighted by Gasteiger charge is 2.19. The highest BCUT2D eigenvalue weighted by Crippen LogP contribution is 2.00. The standard InChI is InChI=1S/C13H22N2O4/c1-3-5-6-10(13(18)19)15-12(17)8-7-11(16)14-9-4-2/h3,10H,1,4-9H2,2H3,(H,14,16)(H,15,17)(H,18,19). The number of hydrogen-bond donors (Lipinski definition) is 3. The second-order valence-electron chi connectivity index (χ2n) is 4.17. The van der Waals surface area contributed by atoms with Crippen LogP contribution in [0.4, 0.5) is 0 Å². The van der Waals surface area contributed by atoms with Gasteiger partial charge >= 0.3 is 5.97 Å². The summed E-state index contributed by atoms with van der Waals surface area (Å²) in [4.78, 5) is 33.7. The number of aliphatic carboxylic acids is 1. The van der Waals surface area contributed by atoms with E-state index in [2.05, 4.69) is 17.2 Å². The lowest BCUT2D eigenvalue weighted by Gasteiger charge is -2.13. The van der Waals surface area contributed by atoms with E-state index in [1.165, 1.54) is 0 Å². The van der Waals surface area contributed by atoms with Crippen molar-refractivity contribution in [3.63, 3.8) is 0 Å². The summed E-state index contributed by atoms with van der Waals surface area (Å²) in [7, 11) is 0. The van der Waals surface area contributed by atoms with Crippen LogP contribution in [0.25, 0.3) is 0 Å². The van der Waals surface area contributed by atoms with Crippen LogP contribution in [-0.4, -0.2) is 35.5 Å². The molecule has 108 valence electrons. The zero-order valence-corrected chi connectivity index (χ0v) is 11.3. The van der Waals surface area contributed by atoms with Gasteiger partial charge in [-0.05, 0) is 19.3 Å². The number of nitrogens with one attached hydrogen (secondary N) is 2. The lowest BCUT2D eigenvalue weighted by atomic mass is 10.1. The first-order valence-corrected chi connectivity index (χ1v) is 6.41. The quantitative estimate of drug-likeness (QED) is 0.512. The van der Waals surface area contributed by atoms with Gasteiger partial charge < -0.3 is 15.7 Å². The van der Waals surface area contributed by atoms with Gasteiger partial charge in [-0.15, -0.1) is 6.58 Å². The molecule has 3 N–H and O–H groups in total. The Kier molecular flexibility index (Phi) is 9.12. The summed E-state index contributed by atoms with van der Waals surface area (Å²) in [6.45, 7) is 6.02. The van der Waals surface area contributed by atoms with Crippen molar-refractivity contribution in [3.05, 3.63) is 12.7 Å². The van der Waals surface area contributed by atoms with Gasteiger partial charge in [0.05, 0.1) is 0 Å². The lowest BCUT2D eigenvalue weighted by Crippen LogP contribution is -2.41. The molecule has 0 aromatic carbocycles. The maximum absolute atomic E-state index is 11.5. The SMILES string of the molecule is C=CCCC(NC(=O)CCC(=O)NCCC)C(=O)O. The van der Waals surface area contributed by atoms with Crippen molar-refractivity contribution in [2.45, 2.75) is 45.1 Å². The zero-order valence-electron chi connectivity index (χ0n) is 11.3. The van der Waals surface area contributed by atoms with Crippen LogP contribution >= 0.6 is 0 Å². The van der Waals surface area contributed by atoms with E-state index in [1.807, 2.05) is 6.92 Å². The van der Waals surface area contributed by atoms with Crippen molar-refractivity contribution in [1.29, 1.82) is 0 Å². The van der Waals surface area contributed by atoms with E-state index in [0.29, 0.717) is 19.4 Å². The normalized spacial score (nSPS) is 11.4. The molecule has 19 heavy (non-hydrogen) atoms. The molecule has 1 unspecified atom stereocenters. The third kappa shape index (κ3) is 8.82. The van der Waals surface area contributed by atoms with Crippen LogP contribution in [-0.2, 0) is 14.4 Å². The van der Waals surface area contributed by atoms with Gasteiger partial charge in [0.15, 0.2) is 0 Å². The van der Waals surface area contributed by atoms with Crippen molar-refractivity contribution in [2.75, 3.05) is 6.54 Å². The molecule has 6 nitrogen and oxygen atoms in total. The Morgan fingerprint density at radius 1 is 1.26 bits per heavy atom. The lowest BCUT2D eigenvalue weighted by molar-refractivity contribution is -0.142. The Bertz CT molecular complexity index is 329. The molecule has 0 saturated carbocycles. The van der Waals surface area contributed by atoms with Gasteiger partial charge in [-0.1, -0.05) is 13.0 Å².